The van der Waals surface area contributed by atoms with Crippen LogP contribution < -0.4 is 0 Å². The molecule has 2 aromatic heterocycles. The van der Waals surface area contributed by atoms with Crippen molar-refractivity contribution in [3.63, 3.8) is 0 Å². The van der Waals surface area contributed by atoms with Crippen LogP contribution in [0.5, 0.6) is 0 Å². The van der Waals surface area contributed by atoms with E-state index in [2.05, 4.69) is 5.16 Å². The van der Waals surface area contributed by atoms with Crippen LogP contribution in [-0.2, 0) is 22.2 Å². The molecule has 0 saturated carbocycles. The molecule has 1 aliphatic rings. The first-order valence-corrected chi connectivity index (χ1v) is 9.68. The van der Waals surface area contributed by atoms with Crippen molar-refractivity contribution in [1.82, 2.24) is 9.46 Å². The van der Waals surface area contributed by atoms with Crippen LogP contribution in [0, 0.1) is 0 Å². The summed E-state index contributed by atoms with van der Waals surface area (Å²) in [7, 11) is -3.47. The van der Waals surface area contributed by atoms with E-state index in [9.17, 15) is 8.42 Å². The third-order valence-corrected chi connectivity index (χ3v) is 6.05. The summed E-state index contributed by atoms with van der Waals surface area (Å²) in [5.74, 6) is 1.49. The van der Waals surface area contributed by atoms with Crippen LogP contribution in [0.3, 0.4) is 0 Å². The summed E-state index contributed by atoms with van der Waals surface area (Å²) in [5.41, 5.74) is 0.432. The fourth-order valence-electron chi connectivity index (χ4n) is 3.04. The molecule has 1 atom stereocenters. The number of furan rings is 1. The Morgan fingerprint density at radius 2 is 2.13 bits per heavy atom. The minimum Gasteiger partial charge on any atom is -0.464 e. The Morgan fingerprint density at radius 1 is 1.26 bits per heavy atom. The van der Waals surface area contributed by atoms with Crippen LogP contribution in [0.1, 0.15) is 55.9 Å². The topological polar surface area (TPSA) is 76.6 Å². The van der Waals surface area contributed by atoms with Crippen LogP contribution in [0.2, 0.25) is 0 Å². The highest BCUT2D eigenvalue weighted by Crippen LogP contribution is 2.34. The van der Waals surface area contributed by atoms with Crippen molar-refractivity contribution in [3.05, 3.63) is 41.7 Å². The first-order chi connectivity index (χ1) is 11.1. The van der Waals surface area contributed by atoms with Crippen molar-refractivity contribution in [3.8, 4) is 0 Å². The maximum absolute atomic E-state index is 12.9. The quantitative estimate of drug-likeness (QED) is 0.836. The van der Waals surface area contributed by atoms with Crippen LogP contribution >= 0.6 is 0 Å². The normalized spacial score (nSPS) is 20.5. The van der Waals surface area contributed by atoms with Gasteiger partial charge in [-0.05, 0) is 25.0 Å². The molecule has 0 amide bonds. The summed E-state index contributed by atoms with van der Waals surface area (Å²) in [6.45, 7) is 2.54. The molecule has 0 unspecified atom stereocenters. The Kier molecular flexibility index (Phi) is 4.87. The maximum Gasteiger partial charge on any atom is 0.220 e. The fraction of sp³-hybridized carbons (Fsp3) is 0.562. The molecule has 0 N–H and O–H groups in total. The first-order valence-electron chi connectivity index (χ1n) is 8.07. The number of rotatable bonds is 5. The average Bonchev–Trinajstić information content (AvgIpc) is 3.13. The van der Waals surface area contributed by atoms with Gasteiger partial charge in [-0.1, -0.05) is 24.9 Å². The van der Waals surface area contributed by atoms with E-state index in [-0.39, 0.29) is 11.8 Å². The summed E-state index contributed by atoms with van der Waals surface area (Å²) in [6, 6.07) is 5.21. The molecule has 7 heteroatoms. The Balaban J connectivity index is 1.88. The molecule has 0 aliphatic carbocycles. The summed E-state index contributed by atoms with van der Waals surface area (Å²) >= 11 is 0. The molecule has 3 heterocycles. The number of aryl methyl sites for hydroxylation is 1. The number of hydrogen-bond acceptors (Lipinski definition) is 5. The van der Waals surface area contributed by atoms with E-state index >= 15 is 0 Å². The summed E-state index contributed by atoms with van der Waals surface area (Å²) in [6.07, 6.45) is 5.89. The molecule has 6 nitrogen and oxygen atoms in total. The molecule has 0 radical (unpaired) electrons. The van der Waals surface area contributed by atoms with Gasteiger partial charge < -0.3 is 8.94 Å². The van der Waals surface area contributed by atoms with Crippen molar-refractivity contribution in [2.75, 3.05) is 6.54 Å². The molecule has 0 spiro atoms. The second-order valence-electron chi connectivity index (χ2n) is 5.88. The maximum atomic E-state index is 12.9. The largest absolute Gasteiger partial charge is 0.464 e. The number of nitrogens with zero attached hydrogens (tertiary/aromatic N) is 2. The van der Waals surface area contributed by atoms with Gasteiger partial charge in [-0.15, -0.1) is 0 Å². The molecule has 2 aromatic rings. The standard InChI is InChI=1S/C16H22N2O4S/c1-2-14-7-8-16(22-14)15-6-4-3-5-10-18(15)23(19,20)12-13-9-11-21-17-13/h7-9,11,15H,2-6,10,12H2,1H3/t15-/m1/s1. The van der Waals surface area contributed by atoms with Gasteiger partial charge in [0.25, 0.3) is 0 Å². The van der Waals surface area contributed by atoms with E-state index < -0.39 is 10.0 Å². The Labute approximate surface area is 136 Å². The lowest BCUT2D eigenvalue weighted by Gasteiger charge is -2.27. The Morgan fingerprint density at radius 3 is 2.83 bits per heavy atom. The van der Waals surface area contributed by atoms with Crippen molar-refractivity contribution >= 4 is 10.0 Å². The predicted molar refractivity (Wildman–Crippen MR) is 85.1 cm³/mol. The second-order valence-corrected chi connectivity index (χ2v) is 7.80. The third kappa shape index (κ3) is 3.67. The SMILES string of the molecule is CCc1ccc([C@H]2CCCCCN2S(=O)(=O)Cc2ccon2)o1. The zero-order chi connectivity index (χ0) is 16.3. The van der Waals surface area contributed by atoms with Crippen molar-refractivity contribution in [2.45, 2.75) is 50.8 Å². The Bertz CT molecular complexity index is 721. The van der Waals surface area contributed by atoms with E-state index in [0.29, 0.717) is 12.2 Å². The zero-order valence-electron chi connectivity index (χ0n) is 13.3. The molecular formula is C16H22N2O4S. The van der Waals surface area contributed by atoms with Gasteiger partial charge in [0.05, 0.1) is 11.7 Å². The van der Waals surface area contributed by atoms with Gasteiger partial charge in [0.1, 0.15) is 23.5 Å². The molecule has 1 fully saturated rings. The monoisotopic (exact) mass is 338 g/mol. The summed E-state index contributed by atoms with van der Waals surface area (Å²) in [5, 5.41) is 3.73. The highest BCUT2D eigenvalue weighted by atomic mass is 32.2. The van der Waals surface area contributed by atoms with Gasteiger partial charge in [-0.3, -0.25) is 0 Å². The molecule has 0 aromatic carbocycles. The highest BCUT2D eigenvalue weighted by Gasteiger charge is 2.34. The third-order valence-electron chi connectivity index (χ3n) is 4.24. The number of aromatic nitrogens is 1. The van der Waals surface area contributed by atoms with Crippen molar-refractivity contribution in [1.29, 1.82) is 0 Å². The van der Waals surface area contributed by atoms with Crippen LogP contribution in [0.25, 0.3) is 0 Å². The average molecular weight is 338 g/mol. The lowest BCUT2D eigenvalue weighted by atomic mass is 10.1. The molecule has 1 aliphatic heterocycles. The minimum absolute atomic E-state index is 0.138. The summed E-state index contributed by atoms with van der Waals surface area (Å²) < 4.78 is 37.9. The lowest BCUT2D eigenvalue weighted by molar-refractivity contribution is 0.279. The second kappa shape index (κ2) is 6.88. The molecule has 23 heavy (non-hydrogen) atoms. The van der Waals surface area contributed by atoms with Crippen LogP contribution in [0.15, 0.2) is 33.4 Å². The molecule has 0 bridgehead atoms. The predicted octanol–water partition coefficient (Wildman–Crippen LogP) is 3.28. The molecule has 126 valence electrons. The van der Waals surface area contributed by atoms with Crippen molar-refractivity contribution < 1.29 is 17.4 Å². The lowest BCUT2D eigenvalue weighted by Crippen LogP contribution is -2.35. The minimum atomic E-state index is -3.47. The van der Waals surface area contributed by atoms with E-state index in [0.717, 1.165) is 43.6 Å². The molecular weight excluding hydrogens is 316 g/mol. The molecule has 1 saturated heterocycles. The first kappa shape index (κ1) is 16.3. The van der Waals surface area contributed by atoms with Gasteiger partial charge >= 0.3 is 0 Å². The number of sulfonamides is 1. The van der Waals surface area contributed by atoms with Gasteiger partial charge in [0, 0.05) is 19.0 Å². The van der Waals surface area contributed by atoms with Crippen LogP contribution in [0.4, 0.5) is 0 Å². The Hall–Kier alpha value is -1.60. The van der Waals surface area contributed by atoms with E-state index in [1.165, 1.54) is 6.26 Å². The fourth-order valence-corrected chi connectivity index (χ4v) is 4.74. The van der Waals surface area contributed by atoms with Crippen molar-refractivity contribution in [2.24, 2.45) is 0 Å². The zero-order valence-corrected chi connectivity index (χ0v) is 14.1. The van der Waals surface area contributed by atoms with Crippen LogP contribution in [-0.4, -0.2) is 24.4 Å². The van der Waals surface area contributed by atoms with Gasteiger partial charge in [-0.25, -0.2) is 8.42 Å². The number of hydrogen-bond donors (Lipinski definition) is 0. The smallest absolute Gasteiger partial charge is 0.220 e. The van der Waals surface area contributed by atoms with Gasteiger partial charge in [0.15, 0.2) is 0 Å². The summed E-state index contributed by atoms with van der Waals surface area (Å²) in [4.78, 5) is 0. The van der Waals surface area contributed by atoms with E-state index in [1.54, 1.807) is 10.4 Å². The van der Waals surface area contributed by atoms with Gasteiger partial charge in [0.2, 0.25) is 10.0 Å². The molecule has 3 rings (SSSR count). The van der Waals surface area contributed by atoms with E-state index in [4.69, 9.17) is 8.94 Å². The van der Waals surface area contributed by atoms with E-state index in [1.807, 2.05) is 19.1 Å². The highest BCUT2D eigenvalue weighted by molar-refractivity contribution is 7.88. The van der Waals surface area contributed by atoms with Gasteiger partial charge in [-0.2, -0.15) is 4.31 Å².